The molecule has 0 atom stereocenters. The number of carbonyl (C=O) groups excluding carboxylic acids is 1. The van der Waals surface area contributed by atoms with Crippen molar-refractivity contribution in [2.75, 3.05) is 18.0 Å². The Hall–Kier alpha value is -2.89. The summed E-state index contributed by atoms with van der Waals surface area (Å²) in [4.78, 5) is 14.9. The van der Waals surface area contributed by atoms with Gasteiger partial charge in [-0.1, -0.05) is 11.6 Å². The highest BCUT2D eigenvalue weighted by Gasteiger charge is 2.45. The predicted molar refractivity (Wildman–Crippen MR) is 131 cm³/mol. The van der Waals surface area contributed by atoms with Crippen LogP contribution in [0.1, 0.15) is 67.4 Å². The standard InChI is InChI=1S/C26H30ClN5O3/c27-22-13-21(4-1-17(22)14-28)35-20-5-2-18(3-6-20)29-25(34)23-7-8-24(31-30-23)32-15-26(16-32)11-9-19(33)10-12-26/h1,4,7-8,13,18-20,33H,2-3,5-6,9-12,15-16H2,(H,29,34). The van der Waals surface area contributed by atoms with Crippen LogP contribution in [0.2, 0.25) is 5.02 Å². The number of anilines is 1. The number of benzene rings is 1. The van der Waals surface area contributed by atoms with E-state index in [1.807, 2.05) is 12.1 Å². The molecule has 2 N–H and O–H groups in total. The lowest BCUT2D eigenvalue weighted by atomic mass is 9.68. The molecule has 8 nitrogen and oxygen atoms in total. The van der Waals surface area contributed by atoms with Crippen molar-refractivity contribution in [1.82, 2.24) is 15.5 Å². The molecular weight excluding hydrogens is 466 g/mol. The summed E-state index contributed by atoms with van der Waals surface area (Å²) in [6, 6.07) is 10.8. The van der Waals surface area contributed by atoms with Crippen molar-refractivity contribution in [3.8, 4) is 11.8 Å². The van der Waals surface area contributed by atoms with Gasteiger partial charge in [-0.05, 0) is 75.6 Å². The molecule has 1 aromatic carbocycles. The number of halogens is 1. The molecule has 1 spiro atoms. The third-order valence-electron chi connectivity index (χ3n) is 7.65. The third kappa shape index (κ3) is 5.36. The third-order valence-corrected chi connectivity index (χ3v) is 7.96. The average Bonchev–Trinajstić information content (AvgIpc) is 2.85. The number of carbonyl (C=O) groups is 1. The Bertz CT molecular complexity index is 1090. The zero-order valence-corrected chi connectivity index (χ0v) is 20.4. The van der Waals surface area contributed by atoms with Crippen molar-refractivity contribution in [3.05, 3.63) is 46.6 Å². The number of nitrogens with one attached hydrogen (secondary N) is 1. The van der Waals surface area contributed by atoms with Gasteiger partial charge in [0.15, 0.2) is 11.5 Å². The van der Waals surface area contributed by atoms with E-state index in [0.717, 1.165) is 70.3 Å². The molecule has 1 saturated heterocycles. The lowest BCUT2D eigenvalue weighted by Gasteiger charge is -2.53. The van der Waals surface area contributed by atoms with E-state index < -0.39 is 0 Å². The Morgan fingerprint density at radius 2 is 1.86 bits per heavy atom. The molecule has 3 fully saturated rings. The fourth-order valence-corrected chi connectivity index (χ4v) is 5.72. The van der Waals surface area contributed by atoms with E-state index in [-0.39, 0.29) is 24.2 Å². The number of nitriles is 1. The van der Waals surface area contributed by atoms with Crippen LogP contribution >= 0.6 is 11.6 Å². The molecule has 2 heterocycles. The molecule has 2 saturated carbocycles. The van der Waals surface area contributed by atoms with Gasteiger partial charge in [-0.15, -0.1) is 10.2 Å². The molecule has 1 aliphatic heterocycles. The summed E-state index contributed by atoms with van der Waals surface area (Å²) in [6.45, 7) is 1.89. The minimum absolute atomic E-state index is 0.0541. The van der Waals surface area contributed by atoms with Crippen molar-refractivity contribution in [2.24, 2.45) is 5.41 Å². The molecule has 5 rings (SSSR count). The number of aromatic nitrogens is 2. The zero-order chi connectivity index (χ0) is 24.4. The largest absolute Gasteiger partial charge is 0.490 e. The number of nitrogens with zero attached hydrogens (tertiary/aromatic N) is 4. The van der Waals surface area contributed by atoms with E-state index in [9.17, 15) is 9.90 Å². The van der Waals surface area contributed by atoms with Gasteiger partial charge in [-0.2, -0.15) is 5.26 Å². The van der Waals surface area contributed by atoms with Gasteiger partial charge in [0.2, 0.25) is 0 Å². The Labute approximate surface area is 210 Å². The molecule has 0 bridgehead atoms. The highest BCUT2D eigenvalue weighted by Crippen LogP contribution is 2.45. The minimum atomic E-state index is -0.200. The van der Waals surface area contributed by atoms with Gasteiger partial charge >= 0.3 is 0 Å². The fraction of sp³-hybridized carbons (Fsp3) is 0.538. The van der Waals surface area contributed by atoms with Gasteiger partial charge in [0, 0.05) is 30.6 Å². The van der Waals surface area contributed by atoms with Gasteiger partial charge < -0.3 is 20.1 Å². The molecule has 2 aliphatic carbocycles. The lowest BCUT2D eigenvalue weighted by Crippen LogP contribution is -2.58. The molecule has 2 aromatic rings. The normalized spacial score (nSPS) is 23.9. The number of amides is 1. The van der Waals surface area contributed by atoms with Gasteiger partial charge in [0.05, 0.1) is 22.8 Å². The summed E-state index contributed by atoms with van der Waals surface area (Å²) in [5.41, 5.74) is 1.07. The van der Waals surface area contributed by atoms with E-state index in [1.165, 1.54) is 0 Å². The van der Waals surface area contributed by atoms with E-state index in [1.54, 1.807) is 24.3 Å². The van der Waals surface area contributed by atoms with Gasteiger partial charge in [0.1, 0.15) is 11.8 Å². The smallest absolute Gasteiger partial charge is 0.272 e. The molecule has 184 valence electrons. The van der Waals surface area contributed by atoms with Gasteiger partial charge in [0.25, 0.3) is 5.91 Å². The van der Waals surface area contributed by atoms with Crippen LogP contribution in [0.15, 0.2) is 30.3 Å². The minimum Gasteiger partial charge on any atom is -0.490 e. The summed E-state index contributed by atoms with van der Waals surface area (Å²) < 4.78 is 6.03. The number of ether oxygens (including phenoxy) is 1. The first kappa shape index (κ1) is 23.8. The molecular formula is C26H30ClN5O3. The summed E-state index contributed by atoms with van der Waals surface area (Å²) in [5, 5.41) is 30.7. The Morgan fingerprint density at radius 1 is 1.11 bits per heavy atom. The first-order valence-electron chi connectivity index (χ1n) is 12.4. The van der Waals surface area contributed by atoms with Crippen LogP contribution in [-0.4, -0.2) is 52.6 Å². The second-order valence-corrected chi connectivity index (χ2v) is 10.6. The second-order valence-electron chi connectivity index (χ2n) is 10.2. The summed E-state index contributed by atoms with van der Waals surface area (Å²) in [6.07, 6.45) is 7.08. The van der Waals surface area contributed by atoms with E-state index >= 15 is 0 Å². The fourth-order valence-electron chi connectivity index (χ4n) is 5.51. The maximum absolute atomic E-state index is 12.7. The van der Waals surface area contributed by atoms with Gasteiger partial charge in [-0.3, -0.25) is 4.79 Å². The van der Waals surface area contributed by atoms with Crippen molar-refractivity contribution < 1.29 is 14.6 Å². The molecule has 0 radical (unpaired) electrons. The number of hydrogen-bond acceptors (Lipinski definition) is 7. The van der Waals surface area contributed by atoms with Crippen molar-refractivity contribution in [2.45, 2.75) is 69.6 Å². The van der Waals surface area contributed by atoms with Crippen LogP contribution < -0.4 is 15.0 Å². The van der Waals surface area contributed by atoms with Crippen LogP contribution in [0.5, 0.6) is 5.75 Å². The Kier molecular flexibility index (Phi) is 6.81. The van der Waals surface area contributed by atoms with E-state index in [0.29, 0.717) is 27.4 Å². The number of aliphatic hydroxyl groups is 1. The number of aliphatic hydroxyl groups excluding tert-OH is 1. The lowest BCUT2D eigenvalue weighted by molar-refractivity contribution is 0.0449. The molecule has 1 aromatic heterocycles. The number of rotatable bonds is 5. The van der Waals surface area contributed by atoms with Crippen molar-refractivity contribution >= 4 is 23.3 Å². The number of hydrogen-bond donors (Lipinski definition) is 2. The maximum atomic E-state index is 12.7. The molecule has 1 amide bonds. The highest BCUT2D eigenvalue weighted by molar-refractivity contribution is 6.31. The van der Waals surface area contributed by atoms with Crippen LogP contribution in [0.25, 0.3) is 0 Å². The first-order chi connectivity index (χ1) is 16.9. The second kappa shape index (κ2) is 10.00. The average molecular weight is 496 g/mol. The van der Waals surface area contributed by atoms with Gasteiger partial charge in [-0.25, -0.2) is 0 Å². The van der Waals surface area contributed by atoms with Crippen LogP contribution in [0.4, 0.5) is 5.82 Å². The van der Waals surface area contributed by atoms with Crippen molar-refractivity contribution in [3.63, 3.8) is 0 Å². The van der Waals surface area contributed by atoms with Crippen LogP contribution in [0, 0.1) is 16.7 Å². The SMILES string of the molecule is N#Cc1ccc(OC2CCC(NC(=O)c3ccc(N4CC5(CCC(O)CC5)C4)nn3)CC2)cc1Cl. The Morgan fingerprint density at radius 3 is 2.49 bits per heavy atom. The molecule has 9 heteroatoms. The topological polar surface area (TPSA) is 111 Å². The zero-order valence-electron chi connectivity index (χ0n) is 19.6. The maximum Gasteiger partial charge on any atom is 0.272 e. The first-order valence-corrected chi connectivity index (χ1v) is 12.7. The predicted octanol–water partition coefficient (Wildman–Crippen LogP) is 3.86. The van der Waals surface area contributed by atoms with Crippen LogP contribution in [0.3, 0.4) is 0 Å². The summed E-state index contributed by atoms with van der Waals surface area (Å²) in [5.74, 6) is 1.26. The molecule has 0 unspecified atom stereocenters. The van der Waals surface area contributed by atoms with E-state index in [4.69, 9.17) is 21.6 Å². The summed E-state index contributed by atoms with van der Waals surface area (Å²) in [7, 11) is 0. The quantitative estimate of drug-likeness (QED) is 0.647. The Balaban J connectivity index is 1.07. The molecule has 3 aliphatic rings. The summed E-state index contributed by atoms with van der Waals surface area (Å²) >= 11 is 6.09. The van der Waals surface area contributed by atoms with Crippen molar-refractivity contribution in [1.29, 1.82) is 5.26 Å². The van der Waals surface area contributed by atoms with Crippen LogP contribution in [-0.2, 0) is 0 Å². The highest BCUT2D eigenvalue weighted by atomic mass is 35.5. The molecule has 35 heavy (non-hydrogen) atoms. The van der Waals surface area contributed by atoms with E-state index in [2.05, 4.69) is 20.4 Å². The monoisotopic (exact) mass is 495 g/mol.